The maximum atomic E-state index is 5.41. The second-order valence-corrected chi connectivity index (χ2v) is 6.16. The lowest BCUT2D eigenvalue weighted by Crippen LogP contribution is -2.44. The third kappa shape index (κ3) is 3.11. The van der Waals surface area contributed by atoms with Crippen LogP contribution in [0.2, 0.25) is 0 Å². The van der Waals surface area contributed by atoms with Crippen molar-refractivity contribution in [2.45, 2.75) is 31.8 Å². The number of likely N-dealkylation sites (tertiary alicyclic amines) is 1. The summed E-state index contributed by atoms with van der Waals surface area (Å²) in [6.45, 7) is 3.19. The summed E-state index contributed by atoms with van der Waals surface area (Å²) >= 11 is 1.66. The van der Waals surface area contributed by atoms with E-state index in [0.717, 1.165) is 29.6 Å². The highest BCUT2D eigenvalue weighted by Gasteiger charge is 2.22. The molecule has 1 aliphatic heterocycles. The van der Waals surface area contributed by atoms with Crippen LogP contribution < -0.4 is 5.32 Å². The van der Waals surface area contributed by atoms with Crippen molar-refractivity contribution in [2.75, 3.05) is 20.1 Å². The van der Waals surface area contributed by atoms with Crippen LogP contribution in [0.4, 0.5) is 0 Å². The largest absolute Gasteiger partial charge is 0.462 e. The van der Waals surface area contributed by atoms with Gasteiger partial charge in [0.1, 0.15) is 0 Å². The standard InChI is InChI=1S/C15H21N3OS/c1-16-9-13-5-2-3-7-18(13)10-12-11-20-15(17-12)14-6-4-8-19-14/h4,6,8,11,13,16H,2-3,5,7,9-10H2,1H3. The topological polar surface area (TPSA) is 41.3 Å². The van der Waals surface area contributed by atoms with Crippen LogP contribution in [-0.4, -0.2) is 36.1 Å². The van der Waals surface area contributed by atoms with Crippen molar-refractivity contribution in [1.82, 2.24) is 15.2 Å². The number of piperidine rings is 1. The Balaban J connectivity index is 1.67. The zero-order valence-corrected chi connectivity index (χ0v) is 12.7. The fourth-order valence-corrected chi connectivity index (χ4v) is 3.61. The van der Waals surface area contributed by atoms with Gasteiger partial charge in [-0.2, -0.15) is 0 Å². The number of likely N-dealkylation sites (N-methyl/N-ethyl adjacent to an activating group) is 1. The summed E-state index contributed by atoms with van der Waals surface area (Å²) in [6.07, 6.45) is 5.63. The summed E-state index contributed by atoms with van der Waals surface area (Å²) in [7, 11) is 2.03. The van der Waals surface area contributed by atoms with Gasteiger partial charge in [-0.1, -0.05) is 6.42 Å². The molecule has 3 rings (SSSR count). The molecule has 0 saturated carbocycles. The van der Waals surface area contributed by atoms with Gasteiger partial charge in [-0.15, -0.1) is 11.3 Å². The van der Waals surface area contributed by atoms with Crippen LogP contribution in [0.5, 0.6) is 0 Å². The maximum absolute atomic E-state index is 5.41. The van der Waals surface area contributed by atoms with Gasteiger partial charge >= 0.3 is 0 Å². The quantitative estimate of drug-likeness (QED) is 0.919. The first kappa shape index (κ1) is 13.8. The van der Waals surface area contributed by atoms with Crippen molar-refractivity contribution < 1.29 is 4.42 Å². The van der Waals surface area contributed by atoms with E-state index in [-0.39, 0.29) is 0 Å². The molecule has 1 saturated heterocycles. The van der Waals surface area contributed by atoms with E-state index in [4.69, 9.17) is 9.40 Å². The fourth-order valence-electron chi connectivity index (χ4n) is 2.84. The molecule has 1 atom stereocenters. The van der Waals surface area contributed by atoms with Gasteiger partial charge in [-0.25, -0.2) is 4.98 Å². The minimum absolute atomic E-state index is 0.641. The molecule has 1 unspecified atom stereocenters. The van der Waals surface area contributed by atoms with Gasteiger partial charge in [-0.05, 0) is 38.6 Å². The predicted octanol–water partition coefficient (Wildman–Crippen LogP) is 2.98. The second-order valence-electron chi connectivity index (χ2n) is 5.30. The minimum atomic E-state index is 0.641. The first-order valence-corrected chi connectivity index (χ1v) is 8.11. The van der Waals surface area contributed by atoms with E-state index in [1.807, 2.05) is 19.2 Å². The highest BCUT2D eigenvalue weighted by atomic mass is 32.1. The Bertz CT molecular complexity index is 521. The Labute approximate surface area is 123 Å². The Kier molecular flexibility index (Phi) is 4.50. The molecule has 1 fully saturated rings. The number of rotatable bonds is 5. The molecule has 3 heterocycles. The summed E-state index contributed by atoms with van der Waals surface area (Å²) in [4.78, 5) is 7.26. The van der Waals surface area contributed by atoms with Crippen LogP contribution in [0.15, 0.2) is 28.2 Å². The van der Waals surface area contributed by atoms with Crippen molar-refractivity contribution in [3.63, 3.8) is 0 Å². The Morgan fingerprint density at radius 2 is 2.45 bits per heavy atom. The van der Waals surface area contributed by atoms with Crippen LogP contribution in [0.3, 0.4) is 0 Å². The number of nitrogens with zero attached hydrogens (tertiary/aromatic N) is 2. The predicted molar refractivity (Wildman–Crippen MR) is 81.8 cm³/mol. The van der Waals surface area contributed by atoms with Crippen molar-refractivity contribution in [2.24, 2.45) is 0 Å². The van der Waals surface area contributed by atoms with E-state index in [2.05, 4.69) is 15.6 Å². The molecule has 4 nitrogen and oxygen atoms in total. The molecule has 2 aromatic rings. The molecule has 1 aliphatic rings. The second kappa shape index (κ2) is 6.52. The molecule has 0 aliphatic carbocycles. The molecule has 0 aromatic carbocycles. The van der Waals surface area contributed by atoms with Gasteiger partial charge in [0.2, 0.25) is 0 Å². The Morgan fingerprint density at radius 3 is 3.25 bits per heavy atom. The average molecular weight is 291 g/mol. The van der Waals surface area contributed by atoms with E-state index < -0.39 is 0 Å². The zero-order valence-electron chi connectivity index (χ0n) is 11.8. The molecule has 5 heteroatoms. The summed E-state index contributed by atoms with van der Waals surface area (Å²) in [5.41, 5.74) is 1.16. The van der Waals surface area contributed by atoms with Crippen LogP contribution in [0.1, 0.15) is 25.0 Å². The number of hydrogen-bond donors (Lipinski definition) is 1. The molecule has 108 valence electrons. The Hall–Kier alpha value is -1.17. The summed E-state index contributed by atoms with van der Waals surface area (Å²) in [6, 6.07) is 4.51. The lowest BCUT2D eigenvalue weighted by molar-refractivity contribution is 0.138. The number of nitrogens with one attached hydrogen (secondary N) is 1. The van der Waals surface area contributed by atoms with E-state index in [1.165, 1.54) is 25.8 Å². The van der Waals surface area contributed by atoms with Gasteiger partial charge in [0.05, 0.1) is 12.0 Å². The fraction of sp³-hybridized carbons (Fsp3) is 0.533. The molecular formula is C15H21N3OS. The molecular weight excluding hydrogens is 270 g/mol. The normalized spacial score (nSPS) is 20.4. The van der Waals surface area contributed by atoms with Gasteiger partial charge in [0.15, 0.2) is 10.8 Å². The van der Waals surface area contributed by atoms with Gasteiger partial charge < -0.3 is 9.73 Å². The highest BCUT2D eigenvalue weighted by molar-refractivity contribution is 7.13. The van der Waals surface area contributed by atoms with Crippen LogP contribution in [0.25, 0.3) is 10.8 Å². The zero-order chi connectivity index (χ0) is 13.8. The van der Waals surface area contributed by atoms with E-state index in [1.54, 1.807) is 17.6 Å². The monoisotopic (exact) mass is 291 g/mol. The van der Waals surface area contributed by atoms with Crippen molar-refractivity contribution in [3.8, 4) is 10.8 Å². The van der Waals surface area contributed by atoms with Gasteiger partial charge in [-0.3, -0.25) is 4.90 Å². The smallest absolute Gasteiger partial charge is 0.162 e. The summed E-state index contributed by atoms with van der Waals surface area (Å²) in [5.74, 6) is 0.867. The molecule has 0 spiro atoms. The van der Waals surface area contributed by atoms with Crippen molar-refractivity contribution >= 4 is 11.3 Å². The third-order valence-corrected chi connectivity index (χ3v) is 4.74. The Morgan fingerprint density at radius 1 is 1.50 bits per heavy atom. The first-order chi connectivity index (χ1) is 9.86. The number of furan rings is 1. The summed E-state index contributed by atoms with van der Waals surface area (Å²) < 4.78 is 5.41. The lowest BCUT2D eigenvalue weighted by Gasteiger charge is -2.35. The molecule has 1 N–H and O–H groups in total. The molecule has 0 amide bonds. The lowest BCUT2D eigenvalue weighted by atomic mass is 10.0. The maximum Gasteiger partial charge on any atom is 0.162 e. The van der Waals surface area contributed by atoms with E-state index >= 15 is 0 Å². The number of aromatic nitrogens is 1. The van der Waals surface area contributed by atoms with Crippen molar-refractivity contribution in [1.29, 1.82) is 0 Å². The van der Waals surface area contributed by atoms with Crippen LogP contribution in [-0.2, 0) is 6.54 Å². The average Bonchev–Trinajstić information content (AvgIpc) is 3.12. The highest BCUT2D eigenvalue weighted by Crippen LogP contribution is 2.26. The summed E-state index contributed by atoms with van der Waals surface area (Å²) in [5, 5.41) is 6.44. The number of thiazole rings is 1. The minimum Gasteiger partial charge on any atom is -0.462 e. The third-order valence-electron chi connectivity index (χ3n) is 3.84. The SMILES string of the molecule is CNCC1CCCCN1Cc1csc(-c2ccco2)n1. The van der Waals surface area contributed by atoms with E-state index in [0.29, 0.717) is 6.04 Å². The van der Waals surface area contributed by atoms with E-state index in [9.17, 15) is 0 Å². The van der Waals surface area contributed by atoms with Crippen LogP contribution in [0, 0.1) is 0 Å². The van der Waals surface area contributed by atoms with Crippen LogP contribution >= 0.6 is 11.3 Å². The molecule has 20 heavy (non-hydrogen) atoms. The van der Waals surface area contributed by atoms with Gasteiger partial charge in [0, 0.05) is 24.5 Å². The first-order valence-electron chi connectivity index (χ1n) is 7.24. The molecule has 0 bridgehead atoms. The van der Waals surface area contributed by atoms with Crippen molar-refractivity contribution in [3.05, 3.63) is 29.5 Å². The molecule has 0 radical (unpaired) electrons. The number of hydrogen-bond acceptors (Lipinski definition) is 5. The molecule has 2 aromatic heterocycles. The van der Waals surface area contributed by atoms with Gasteiger partial charge in [0.25, 0.3) is 0 Å².